The first-order chi connectivity index (χ1) is 14.1. The second kappa shape index (κ2) is 8.14. The highest BCUT2D eigenvalue weighted by Crippen LogP contribution is 2.38. The number of nitrogens with one attached hydrogen (secondary N) is 1. The summed E-state index contributed by atoms with van der Waals surface area (Å²) in [7, 11) is 1.70. The molecular formula is C23H21N3O3. The van der Waals surface area contributed by atoms with Crippen molar-refractivity contribution in [2.24, 2.45) is 0 Å². The molecule has 6 nitrogen and oxygen atoms in total. The third kappa shape index (κ3) is 3.96. The van der Waals surface area contributed by atoms with Crippen LogP contribution in [0.3, 0.4) is 0 Å². The zero-order valence-electron chi connectivity index (χ0n) is 16.0. The first kappa shape index (κ1) is 18.7. The fourth-order valence-electron chi connectivity index (χ4n) is 3.40. The number of anilines is 2. The van der Waals surface area contributed by atoms with Crippen molar-refractivity contribution in [1.29, 1.82) is 0 Å². The number of aromatic nitrogens is 1. The van der Waals surface area contributed by atoms with Crippen LogP contribution in [-0.2, 0) is 16.0 Å². The highest BCUT2D eigenvalue weighted by atomic mass is 16.5. The number of hydrogen-bond acceptors (Lipinski definition) is 4. The van der Waals surface area contributed by atoms with Crippen molar-refractivity contribution in [3.05, 3.63) is 84.2 Å². The Kier molecular flexibility index (Phi) is 5.24. The van der Waals surface area contributed by atoms with Crippen LogP contribution < -0.4 is 15.0 Å². The van der Waals surface area contributed by atoms with E-state index in [-0.39, 0.29) is 18.4 Å². The summed E-state index contributed by atoms with van der Waals surface area (Å²) >= 11 is 0. The number of hydrogen-bond donors (Lipinski definition) is 1. The van der Waals surface area contributed by atoms with Gasteiger partial charge in [-0.1, -0.05) is 42.5 Å². The average molecular weight is 387 g/mol. The van der Waals surface area contributed by atoms with E-state index in [1.807, 2.05) is 48.5 Å². The molecular weight excluding hydrogens is 366 g/mol. The maximum Gasteiger partial charge on any atom is 0.264 e. The number of carbonyl (C=O) groups is 2. The smallest absolute Gasteiger partial charge is 0.264 e. The number of benzene rings is 2. The Morgan fingerprint density at radius 2 is 1.90 bits per heavy atom. The Bertz CT molecular complexity index is 1020. The second-order valence-corrected chi connectivity index (χ2v) is 6.87. The van der Waals surface area contributed by atoms with E-state index in [9.17, 15) is 9.59 Å². The summed E-state index contributed by atoms with van der Waals surface area (Å²) in [5.41, 5.74) is 2.94. The van der Waals surface area contributed by atoms with Crippen molar-refractivity contribution in [3.8, 4) is 5.75 Å². The maximum atomic E-state index is 13.3. The summed E-state index contributed by atoms with van der Waals surface area (Å²) < 4.78 is 5.62. The standard InChI is InChI=1S/C23H21N3O3/c1-26-20-12-7-11-19(22(20)29-15-21(26)27)25-23(28)18(16-8-3-2-4-9-16)14-17-10-5-6-13-24-17/h2-13,18H,14-15H2,1H3,(H,25,28). The number of para-hydroxylation sites is 1. The fourth-order valence-corrected chi connectivity index (χ4v) is 3.40. The lowest BCUT2D eigenvalue weighted by molar-refractivity contribution is -0.121. The normalized spacial score (nSPS) is 14.0. The first-order valence-electron chi connectivity index (χ1n) is 9.41. The molecule has 1 unspecified atom stereocenters. The van der Waals surface area contributed by atoms with Crippen LogP contribution in [0.4, 0.5) is 11.4 Å². The largest absolute Gasteiger partial charge is 0.479 e. The Labute approximate surface area is 169 Å². The van der Waals surface area contributed by atoms with Crippen LogP contribution in [0.1, 0.15) is 17.2 Å². The first-order valence-corrected chi connectivity index (χ1v) is 9.41. The molecule has 29 heavy (non-hydrogen) atoms. The maximum absolute atomic E-state index is 13.3. The summed E-state index contributed by atoms with van der Waals surface area (Å²) in [5, 5.41) is 2.99. The number of fused-ring (bicyclic) bond motifs is 1. The van der Waals surface area contributed by atoms with E-state index in [0.29, 0.717) is 23.5 Å². The van der Waals surface area contributed by atoms with E-state index in [1.54, 1.807) is 31.4 Å². The molecule has 1 aliphatic rings. The van der Waals surface area contributed by atoms with E-state index < -0.39 is 5.92 Å². The molecule has 1 N–H and O–H groups in total. The minimum absolute atomic E-state index is 0.0492. The minimum atomic E-state index is -0.412. The van der Waals surface area contributed by atoms with Gasteiger partial charge in [-0.3, -0.25) is 14.6 Å². The third-order valence-electron chi connectivity index (χ3n) is 4.99. The number of amides is 2. The van der Waals surface area contributed by atoms with Crippen molar-refractivity contribution in [1.82, 2.24) is 4.98 Å². The average Bonchev–Trinajstić information content (AvgIpc) is 2.76. The molecule has 2 heterocycles. The Morgan fingerprint density at radius 3 is 2.66 bits per heavy atom. The van der Waals surface area contributed by atoms with E-state index in [4.69, 9.17) is 4.74 Å². The van der Waals surface area contributed by atoms with Gasteiger partial charge in [0.25, 0.3) is 5.91 Å². The number of likely N-dealkylation sites (N-methyl/N-ethyl adjacent to an activating group) is 1. The predicted octanol–water partition coefficient (Wildman–Crippen LogP) is 3.40. The number of pyridine rings is 1. The van der Waals surface area contributed by atoms with Crippen LogP contribution in [0.15, 0.2) is 72.9 Å². The summed E-state index contributed by atoms with van der Waals surface area (Å²) in [4.78, 5) is 31.1. The highest BCUT2D eigenvalue weighted by Gasteiger charge is 2.27. The number of rotatable bonds is 5. The van der Waals surface area contributed by atoms with E-state index in [1.165, 1.54) is 4.90 Å². The summed E-state index contributed by atoms with van der Waals surface area (Å²) in [6, 6.07) is 20.7. The zero-order valence-corrected chi connectivity index (χ0v) is 16.0. The van der Waals surface area contributed by atoms with Crippen molar-refractivity contribution in [3.63, 3.8) is 0 Å². The lowest BCUT2D eigenvalue weighted by atomic mass is 9.93. The van der Waals surface area contributed by atoms with Crippen molar-refractivity contribution >= 4 is 23.2 Å². The Hall–Kier alpha value is -3.67. The molecule has 0 bridgehead atoms. The van der Waals surface area contributed by atoms with Gasteiger partial charge < -0.3 is 15.0 Å². The van der Waals surface area contributed by atoms with Crippen LogP contribution in [0.2, 0.25) is 0 Å². The van der Waals surface area contributed by atoms with E-state index in [0.717, 1.165) is 11.3 Å². The molecule has 0 spiro atoms. The topological polar surface area (TPSA) is 71.5 Å². The molecule has 1 atom stereocenters. The Balaban J connectivity index is 1.63. The quantitative estimate of drug-likeness (QED) is 0.728. The molecule has 0 saturated carbocycles. The van der Waals surface area contributed by atoms with Crippen LogP contribution in [0.25, 0.3) is 0 Å². The second-order valence-electron chi connectivity index (χ2n) is 6.87. The molecule has 0 fully saturated rings. The van der Waals surface area contributed by atoms with Gasteiger partial charge in [-0.05, 0) is 29.8 Å². The summed E-state index contributed by atoms with van der Waals surface area (Å²) in [5.74, 6) is -0.186. The van der Waals surface area contributed by atoms with Gasteiger partial charge in [-0.15, -0.1) is 0 Å². The molecule has 0 radical (unpaired) electrons. The van der Waals surface area contributed by atoms with Gasteiger partial charge in [0.15, 0.2) is 12.4 Å². The molecule has 3 aromatic rings. The van der Waals surface area contributed by atoms with E-state index >= 15 is 0 Å². The minimum Gasteiger partial charge on any atom is -0.479 e. The SMILES string of the molecule is CN1C(=O)COc2c(NC(=O)C(Cc3ccccn3)c3ccccc3)cccc21. The molecule has 2 aromatic carbocycles. The van der Waals surface area contributed by atoms with Crippen LogP contribution >= 0.6 is 0 Å². The van der Waals surface area contributed by atoms with Crippen LogP contribution in [0.5, 0.6) is 5.75 Å². The van der Waals surface area contributed by atoms with Gasteiger partial charge in [0.05, 0.1) is 17.3 Å². The fraction of sp³-hybridized carbons (Fsp3) is 0.174. The monoisotopic (exact) mass is 387 g/mol. The van der Waals surface area contributed by atoms with Gasteiger partial charge in [-0.2, -0.15) is 0 Å². The number of carbonyl (C=O) groups excluding carboxylic acids is 2. The summed E-state index contributed by atoms with van der Waals surface area (Å²) in [6.07, 6.45) is 2.20. The molecule has 1 aliphatic heterocycles. The molecule has 6 heteroatoms. The molecule has 4 rings (SSSR count). The molecule has 146 valence electrons. The predicted molar refractivity (Wildman–Crippen MR) is 111 cm³/mol. The molecule has 1 aromatic heterocycles. The highest BCUT2D eigenvalue weighted by molar-refractivity contribution is 6.02. The number of ether oxygens (including phenoxy) is 1. The van der Waals surface area contributed by atoms with Crippen molar-refractivity contribution < 1.29 is 14.3 Å². The molecule has 2 amide bonds. The van der Waals surface area contributed by atoms with Gasteiger partial charge in [0.2, 0.25) is 5.91 Å². The van der Waals surface area contributed by atoms with Gasteiger partial charge in [-0.25, -0.2) is 0 Å². The third-order valence-corrected chi connectivity index (χ3v) is 4.99. The Morgan fingerprint density at radius 1 is 1.10 bits per heavy atom. The number of nitrogens with zero attached hydrogens (tertiary/aromatic N) is 2. The van der Waals surface area contributed by atoms with Crippen molar-refractivity contribution in [2.75, 3.05) is 23.9 Å². The van der Waals surface area contributed by atoms with Gasteiger partial charge in [0, 0.05) is 25.4 Å². The lowest BCUT2D eigenvalue weighted by Gasteiger charge is -2.28. The van der Waals surface area contributed by atoms with Crippen LogP contribution in [-0.4, -0.2) is 30.5 Å². The van der Waals surface area contributed by atoms with Gasteiger partial charge >= 0.3 is 0 Å². The van der Waals surface area contributed by atoms with Gasteiger partial charge in [0.1, 0.15) is 0 Å². The van der Waals surface area contributed by atoms with Crippen LogP contribution in [0, 0.1) is 0 Å². The molecule has 0 saturated heterocycles. The van der Waals surface area contributed by atoms with E-state index in [2.05, 4.69) is 10.3 Å². The van der Waals surface area contributed by atoms with Crippen molar-refractivity contribution in [2.45, 2.75) is 12.3 Å². The molecule has 0 aliphatic carbocycles. The zero-order chi connectivity index (χ0) is 20.2. The summed E-state index contributed by atoms with van der Waals surface area (Å²) in [6.45, 7) is -0.0492. The lowest BCUT2D eigenvalue weighted by Crippen LogP contribution is -2.36.